The van der Waals surface area contributed by atoms with Crippen LogP contribution in [0, 0.1) is 0 Å². The molecule has 170 valence electrons. The second-order valence-corrected chi connectivity index (χ2v) is 8.59. The Kier molecular flexibility index (Phi) is 5.61. The first-order valence-corrected chi connectivity index (χ1v) is 11.5. The number of piperazine rings is 1. The van der Waals surface area contributed by atoms with Crippen molar-refractivity contribution >= 4 is 39.4 Å². The van der Waals surface area contributed by atoms with Gasteiger partial charge in [0.25, 0.3) is 0 Å². The molecule has 10 heteroatoms. The number of nitrogens with one attached hydrogen (secondary N) is 2. The van der Waals surface area contributed by atoms with Gasteiger partial charge in [-0.05, 0) is 18.2 Å². The number of imidazole rings is 1. The first kappa shape index (κ1) is 21.2. The number of para-hydroxylation sites is 1. The van der Waals surface area contributed by atoms with E-state index in [0.29, 0.717) is 22.3 Å². The largest absolute Gasteiger partial charge is 0.494 e. The molecule has 0 spiro atoms. The molecule has 4 heterocycles. The second kappa shape index (κ2) is 8.72. The molecule has 4 aromatic rings. The zero-order valence-corrected chi connectivity index (χ0v) is 19.4. The Morgan fingerprint density at radius 1 is 1.27 bits per heavy atom. The topological polar surface area (TPSA) is 89.2 Å². The Bertz CT molecular complexity index is 1380. The van der Waals surface area contributed by atoms with E-state index in [1.165, 1.54) is 11.3 Å². The summed E-state index contributed by atoms with van der Waals surface area (Å²) in [6, 6.07) is 7.61. The summed E-state index contributed by atoms with van der Waals surface area (Å²) in [7, 11) is 3.33. The van der Waals surface area contributed by atoms with Gasteiger partial charge < -0.3 is 20.3 Å². The fourth-order valence-corrected chi connectivity index (χ4v) is 4.97. The zero-order valence-electron chi connectivity index (χ0n) is 18.5. The number of aromatic nitrogens is 4. The summed E-state index contributed by atoms with van der Waals surface area (Å²) in [6.45, 7) is 7.95. The van der Waals surface area contributed by atoms with E-state index >= 15 is 0 Å². The van der Waals surface area contributed by atoms with Crippen molar-refractivity contribution in [2.75, 3.05) is 43.5 Å². The van der Waals surface area contributed by atoms with E-state index in [9.17, 15) is 4.79 Å². The van der Waals surface area contributed by atoms with Crippen LogP contribution in [-0.2, 0) is 7.05 Å². The number of aryl methyl sites for hydroxylation is 1. The van der Waals surface area contributed by atoms with Gasteiger partial charge in [-0.3, -0.25) is 9.55 Å². The minimum Gasteiger partial charge on any atom is -0.494 e. The van der Waals surface area contributed by atoms with Crippen molar-refractivity contribution in [3.8, 4) is 10.9 Å². The summed E-state index contributed by atoms with van der Waals surface area (Å²) < 4.78 is 8.64. The summed E-state index contributed by atoms with van der Waals surface area (Å²) in [5, 5.41) is 9.22. The molecule has 1 saturated heterocycles. The van der Waals surface area contributed by atoms with Crippen LogP contribution in [0.3, 0.4) is 0 Å². The Labute approximate surface area is 195 Å². The van der Waals surface area contributed by atoms with Crippen LogP contribution in [0.2, 0.25) is 0 Å². The monoisotopic (exact) mass is 463 g/mol. The van der Waals surface area contributed by atoms with Crippen LogP contribution in [0.4, 0.5) is 11.4 Å². The fourth-order valence-electron chi connectivity index (χ4n) is 4.12. The van der Waals surface area contributed by atoms with Crippen LogP contribution in [0.1, 0.15) is 5.69 Å². The molecule has 3 aromatic heterocycles. The lowest BCUT2D eigenvalue weighted by atomic mass is 10.2. The maximum Gasteiger partial charge on any atom is 0.335 e. The van der Waals surface area contributed by atoms with Crippen LogP contribution >= 0.6 is 11.3 Å². The molecule has 0 saturated carbocycles. The van der Waals surface area contributed by atoms with Gasteiger partial charge in [-0.25, -0.2) is 14.3 Å². The smallest absolute Gasteiger partial charge is 0.335 e. The van der Waals surface area contributed by atoms with Gasteiger partial charge in [-0.15, -0.1) is 11.3 Å². The number of thiazole rings is 1. The number of benzene rings is 1. The van der Waals surface area contributed by atoms with Gasteiger partial charge in [0.2, 0.25) is 0 Å². The average molecular weight is 464 g/mol. The highest BCUT2D eigenvalue weighted by Crippen LogP contribution is 2.30. The van der Waals surface area contributed by atoms with Crippen LogP contribution in [0.25, 0.3) is 21.9 Å². The van der Waals surface area contributed by atoms with Crippen molar-refractivity contribution in [1.82, 2.24) is 24.4 Å². The van der Waals surface area contributed by atoms with Gasteiger partial charge in [0.1, 0.15) is 11.3 Å². The molecule has 1 fully saturated rings. The third kappa shape index (κ3) is 3.77. The van der Waals surface area contributed by atoms with Crippen molar-refractivity contribution in [2.45, 2.75) is 0 Å². The third-order valence-corrected chi connectivity index (χ3v) is 6.61. The van der Waals surface area contributed by atoms with Crippen molar-refractivity contribution in [3.63, 3.8) is 0 Å². The summed E-state index contributed by atoms with van der Waals surface area (Å²) in [5.41, 5.74) is 4.59. The molecule has 2 N–H and O–H groups in total. The standard InChI is InChI=1S/C23H25N7O2S/c1-15(26-16-13-25-8-7-18(16)29-11-9-24-10-12-29)17-14-33-22(27-17)30-19-5-4-6-20(32-3)21(19)28(2)23(30)31/h4-8,13-14,24,26H,1,9-12H2,2-3H3. The predicted octanol–water partition coefficient (Wildman–Crippen LogP) is 2.68. The zero-order chi connectivity index (χ0) is 22.9. The van der Waals surface area contributed by atoms with E-state index in [4.69, 9.17) is 9.72 Å². The average Bonchev–Trinajstić information content (AvgIpc) is 3.43. The molecule has 1 aliphatic rings. The molecular formula is C23H25N7O2S. The van der Waals surface area contributed by atoms with E-state index < -0.39 is 0 Å². The molecule has 0 unspecified atom stereocenters. The van der Waals surface area contributed by atoms with Crippen molar-refractivity contribution in [2.24, 2.45) is 7.05 Å². The lowest BCUT2D eigenvalue weighted by Crippen LogP contribution is -2.43. The number of anilines is 2. The van der Waals surface area contributed by atoms with Crippen LogP contribution in [0.5, 0.6) is 5.75 Å². The summed E-state index contributed by atoms with van der Waals surface area (Å²) in [5.74, 6) is 0.644. The summed E-state index contributed by atoms with van der Waals surface area (Å²) >= 11 is 1.39. The van der Waals surface area contributed by atoms with Crippen molar-refractivity contribution in [1.29, 1.82) is 0 Å². The Morgan fingerprint density at radius 2 is 2.09 bits per heavy atom. The minimum atomic E-state index is -0.178. The maximum atomic E-state index is 13.0. The van der Waals surface area contributed by atoms with Gasteiger partial charge in [-0.2, -0.15) is 0 Å². The quantitative estimate of drug-likeness (QED) is 0.454. The first-order chi connectivity index (χ1) is 16.1. The summed E-state index contributed by atoms with van der Waals surface area (Å²) in [4.78, 5) is 24.4. The fraction of sp³-hybridized carbons (Fsp3) is 0.261. The number of hydrogen-bond donors (Lipinski definition) is 2. The van der Waals surface area contributed by atoms with Gasteiger partial charge in [-0.1, -0.05) is 12.6 Å². The first-order valence-electron chi connectivity index (χ1n) is 10.6. The molecule has 5 rings (SSSR count). The van der Waals surface area contributed by atoms with Gasteiger partial charge in [0, 0.05) is 44.8 Å². The Hall–Kier alpha value is -3.63. The van der Waals surface area contributed by atoms with Crippen molar-refractivity contribution < 1.29 is 4.74 Å². The summed E-state index contributed by atoms with van der Waals surface area (Å²) in [6.07, 6.45) is 3.60. The third-order valence-electron chi connectivity index (χ3n) is 5.79. The van der Waals surface area contributed by atoms with E-state index in [0.717, 1.165) is 48.6 Å². The number of nitrogens with zero attached hydrogens (tertiary/aromatic N) is 5. The molecule has 33 heavy (non-hydrogen) atoms. The molecular weight excluding hydrogens is 438 g/mol. The maximum absolute atomic E-state index is 13.0. The highest BCUT2D eigenvalue weighted by Gasteiger charge is 2.19. The molecule has 0 radical (unpaired) electrons. The molecule has 0 atom stereocenters. The number of hydrogen-bond acceptors (Lipinski definition) is 8. The predicted molar refractivity (Wildman–Crippen MR) is 133 cm³/mol. The highest BCUT2D eigenvalue weighted by molar-refractivity contribution is 7.12. The number of methoxy groups -OCH3 is 1. The molecule has 1 aliphatic heterocycles. The minimum absolute atomic E-state index is 0.178. The van der Waals surface area contributed by atoms with Gasteiger partial charge in [0.15, 0.2) is 5.13 Å². The van der Waals surface area contributed by atoms with Crippen LogP contribution < -0.4 is 26.0 Å². The van der Waals surface area contributed by atoms with E-state index in [1.54, 1.807) is 35.7 Å². The molecule has 1 aromatic carbocycles. The lowest BCUT2D eigenvalue weighted by Gasteiger charge is -2.31. The number of pyridine rings is 1. The normalized spacial score (nSPS) is 13.9. The van der Waals surface area contributed by atoms with Gasteiger partial charge in [0.05, 0.1) is 41.6 Å². The van der Waals surface area contributed by atoms with Crippen molar-refractivity contribution in [3.05, 3.63) is 64.8 Å². The highest BCUT2D eigenvalue weighted by atomic mass is 32.1. The van der Waals surface area contributed by atoms with E-state index in [-0.39, 0.29) is 5.69 Å². The molecule has 0 amide bonds. The molecule has 0 aliphatic carbocycles. The Balaban J connectivity index is 1.46. The van der Waals surface area contributed by atoms with Crippen LogP contribution in [-0.4, -0.2) is 52.4 Å². The SMILES string of the molecule is C=C(Nc1cnccc1N1CCNCC1)c1csc(-n2c(=O)n(C)c3c(OC)cccc32)n1. The van der Waals surface area contributed by atoms with Gasteiger partial charge >= 0.3 is 5.69 Å². The molecule has 9 nitrogen and oxygen atoms in total. The molecule has 0 bridgehead atoms. The van der Waals surface area contributed by atoms with Crippen LogP contribution in [0.15, 0.2) is 53.4 Å². The second-order valence-electron chi connectivity index (χ2n) is 7.75. The van der Waals surface area contributed by atoms with E-state index in [2.05, 4.69) is 27.1 Å². The number of rotatable bonds is 6. The lowest BCUT2D eigenvalue weighted by molar-refractivity contribution is 0.418. The van der Waals surface area contributed by atoms with E-state index in [1.807, 2.05) is 29.6 Å². The number of fused-ring (bicyclic) bond motifs is 1. The number of ether oxygens (including phenoxy) is 1. The Morgan fingerprint density at radius 3 is 2.88 bits per heavy atom.